The topological polar surface area (TPSA) is 3.24 Å². The lowest BCUT2D eigenvalue weighted by atomic mass is 9.72. The number of rotatable bonds is 4. The third-order valence-electron chi connectivity index (χ3n) is 3.42. The summed E-state index contributed by atoms with van der Waals surface area (Å²) in [7, 11) is 4.47. The zero-order chi connectivity index (χ0) is 9.19. The van der Waals surface area contributed by atoms with Crippen LogP contribution in [0.4, 0.5) is 0 Å². The highest BCUT2D eigenvalue weighted by molar-refractivity contribution is 4.95. The van der Waals surface area contributed by atoms with Gasteiger partial charge in [-0.3, -0.25) is 0 Å². The Morgan fingerprint density at radius 2 is 1.83 bits per heavy atom. The smallest absolute Gasteiger partial charge is 0.0203 e. The maximum atomic E-state index is 2.44. The predicted octanol–water partition coefficient (Wildman–Crippen LogP) is 2.91. The Morgan fingerprint density at radius 1 is 1.25 bits per heavy atom. The molecule has 0 saturated heterocycles. The molecule has 0 aromatic carbocycles. The van der Waals surface area contributed by atoms with Gasteiger partial charge in [-0.25, -0.2) is 0 Å². The SMILES string of the molecule is CC(C)CCC1(N(C)C)CCC1. The van der Waals surface area contributed by atoms with Gasteiger partial charge in [0.2, 0.25) is 0 Å². The largest absolute Gasteiger partial charge is 0.304 e. The lowest BCUT2D eigenvalue weighted by molar-refractivity contribution is 0.0460. The van der Waals surface area contributed by atoms with Crippen molar-refractivity contribution in [3.8, 4) is 0 Å². The first-order chi connectivity index (χ1) is 5.57. The van der Waals surface area contributed by atoms with E-state index in [4.69, 9.17) is 0 Å². The molecular formula is C11H23N. The summed E-state index contributed by atoms with van der Waals surface area (Å²) >= 11 is 0. The van der Waals surface area contributed by atoms with E-state index in [9.17, 15) is 0 Å². The van der Waals surface area contributed by atoms with Gasteiger partial charge in [-0.1, -0.05) is 13.8 Å². The summed E-state index contributed by atoms with van der Waals surface area (Å²) in [4.78, 5) is 2.44. The van der Waals surface area contributed by atoms with Crippen molar-refractivity contribution in [2.75, 3.05) is 14.1 Å². The minimum atomic E-state index is 0.588. The average Bonchev–Trinajstić information content (AvgIpc) is 1.83. The highest BCUT2D eigenvalue weighted by Gasteiger charge is 2.38. The molecular weight excluding hydrogens is 146 g/mol. The van der Waals surface area contributed by atoms with E-state index in [1.165, 1.54) is 32.1 Å². The van der Waals surface area contributed by atoms with Crippen LogP contribution in [0.5, 0.6) is 0 Å². The minimum absolute atomic E-state index is 0.588. The molecule has 1 nitrogen and oxygen atoms in total. The minimum Gasteiger partial charge on any atom is -0.304 e. The van der Waals surface area contributed by atoms with Crippen LogP contribution in [0.15, 0.2) is 0 Å². The van der Waals surface area contributed by atoms with Crippen LogP contribution in [0.3, 0.4) is 0 Å². The van der Waals surface area contributed by atoms with E-state index in [1.807, 2.05) is 0 Å². The molecule has 0 aromatic heterocycles. The fourth-order valence-electron chi connectivity index (χ4n) is 2.06. The molecule has 1 fully saturated rings. The van der Waals surface area contributed by atoms with Gasteiger partial charge in [-0.05, 0) is 52.1 Å². The highest BCUT2D eigenvalue weighted by atomic mass is 15.2. The fraction of sp³-hybridized carbons (Fsp3) is 1.00. The molecule has 0 aliphatic heterocycles. The number of hydrogen-bond acceptors (Lipinski definition) is 1. The molecule has 0 spiro atoms. The molecule has 0 amide bonds. The van der Waals surface area contributed by atoms with Crippen LogP contribution < -0.4 is 0 Å². The average molecular weight is 169 g/mol. The molecule has 0 bridgehead atoms. The Kier molecular flexibility index (Phi) is 3.16. The second-order valence-electron chi connectivity index (χ2n) is 4.90. The summed E-state index contributed by atoms with van der Waals surface area (Å²) in [6.07, 6.45) is 7.07. The monoisotopic (exact) mass is 169 g/mol. The van der Waals surface area contributed by atoms with Crippen molar-refractivity contribution in [3.63, 3.8) is 0 Å². The Bertz CT molecular complexity index is 134. The summed E-state index contributed by atoms with van der Waals surface area (Å²) in [5, 5.41) is 0. The van der Waals surface area contributed by atoms with Crippen LogP contribution in [0.25, 0.3) is 0 Å². The van der Waals surface area contributed by atoms with Gasteiger partial charge in [0.15, 0.2) is 0 Å². The van der Waals surface area contributed by atoms with Gasteiger partial charge in [0, 0.05) is 5.54 Å². The van der Waals surface area contributed by atoms with E-state index in [2.05, 4.69) is 32.8 Å². The molecule has 1 saturated carbocycles. The molecule has 0 N–H and O–H groups in total. The molecule has 0 atom stereocenters. The molecule has 72 valence electrons. The van der Waals surface area contributed by atoms with Gasteiger partial charge in [0.1, 0.15) is 0 Å². The van der Waals surface area contributed by atoms with Crippen molar-refractivity contribution in [2.24, 2.45) is 5.92 Å². The highest BCUT2D eigenvalue weighted by Crippen LogP contribution is 2.40. The van der Waals surface area contributed by atoms with E-state index in [-0.39, 0.29) is 0 Å². The van der Waals surface area contributed by atoms with Crippen LogP contribution in [-0.4, -0.2) is 24.5 Å². The normalized spacial score (nSPS) is 21.5. The third-order valence-corrected chi connectivity index (χ3v) is 3.42. The van der Waals surface area contributed by atoms with Crippen molar-refractivity contribution >= 4 is 0 Å². The Morgan fingerprint density at radius 3 is 2.08 bits per heavy atom. The van der Waals surface area contributed by atoms with Crippen LogP contribution in [0.1, 0.15) is 46.0 Å². The molecule has 0 heterocycles. The van der Waals surface area contributed by atoms with E-state index in [0.29, 0.717) is 5.54 Å². The van der Waals surface area contributed by atoms with Gasteiger partial charge in [-0.15, -0.1) is 0 Å². The van der Waals surface area contributed by atoms with Gasteiger partial charge < -0.3 is 4.90 Å². The first-order valence-corrected chi connectivity index (χ1v) is 5.24. The third kappa shape index (κ3) is 2.01. The van der Waals surface area contributed by atoms with E-state index in [1.54, 1.807) is 0 Å². The quantitative estimate of drug-likeness (QED) is 0.625. The van der Waals surface area contributed by atoms with Crippen LogP contribution in [0.2, 0.25) is 0 Å². The van der Waals surface area contributed by atoms with Crippen LogP contribution >= 0.6 is 0 Å². The molecule has 1 aliphatic rings. The Hall–Kier alpha value is -0.0400. The van der Waals surface area contributed by atoms with Gasteiger partial charge in [-0.2, -0.15) is 0 Å². The van der Waals surface area contributed by atoms with Gasteiger partial charge in [0.25, 0.3) is 0 Å². The van der Waals surface area contributed by atoms with Crippen molar-refractivity contribution in [2.45, 2.75) is 51.5 Å². The predicted molar refractivity (Wildman–Crippen MR) is 54.3 cm³/mol. The summed E-state index contributed by atoms with van der Waals surface area (Å²) in [5.74, 6) is 0.863. The molecule has 12 heavy (non-hydrogen) atoms. The van der Waals surface area contributed by atoms with E-state index >= 15 is 0 Å². The van der Waals surface area contributed by atoms with Crippen molar-refractivity contribution in [1.29, 1.82) is 0 Å². The first kappa shape index (κ1) is 10.0. The molecule has 1 aliphatic carbocycles. The summed E-state index contributed by atoms with van der Waals surface area (Å²) in [6, 6.07) is 0. The number of nitrogens with zero attached hydrogens (tertiary/aromatic N) is 1. The van der Waals surface area contributed by atoms with Crippen molar-refractivity contribution in [1.82, 2.24) is 4.90 Å². The Labute approximate surface area is 77.1 Å². The van der Waals surface area contributed by atoms with Gasteiger partial charge >= 0.3 is 0 Å². The van der Waals surface area contributed by atoms with E-state index in [0.717, 1.165) is 5.92 Å². The summed E-state index contributed by atoms with van der Waals surface area (Å²) < 4.78 is 0. The Balaban J connectivity index is 2.35. The van der Waals surface area contributed by atoms with Gasteiger partial charge in [0.05, 0.1) is 0 Å². The van der Waals surface area contributed by atoms with Crippen LogP contribution in [-0.2, 0) is 0 Å². The summed E-state index contributed by atoms with van der Waals surface area (Å²) in [6.45, 7) is 4.64. The molecule has 0 radical (unpaired) electrons. The van der Waals surface area contributed by atoms with Crippen molar-refractivity contribution in [3.05, 3.63) is 0 Å². The van der Waals surface area contributed by atoms with Crippen LogP contribution in [0, 0.1) is 5.92 Å². The zero-order valence-corrected chi connectivity index (χ0v) is 9.06. The standard InChI is InChI=1S/C11H23N/c1-10(2)6-9-11(12(3)4)7-5-8-11/h10H,5-9H2,1-4H3. The zero-order valence-electron chi connectivity index (χ0n) is 9.06. The molecule has 1 rings (SSSR count). The molecule has 0 unspecified atom stereocenters. The summed E-state index contributed by atoms with van der Waals surface area (Å²) in [5.41, 5.74) is 0.588. The van der Waals surface area contributed by atoms with Crippen molar-refractivity contribution < 1.29 is 0 Å². The lowest BCUT2D eigenvalue weighted by Gasteiger charge is -2.48. The second-order valence-corrected chi connectivity index (χ2v) is 4.90. The molecule has 1 heteroatoms. The number of hydrogen-bond donors (Lipinski definition) is 0. The second kappa shape index (κ2) is 3.78. The molecule has 0 aromatic rings. The van der Waals surface area contributed by atoms with E-state index < -0.39 is 0 Å². The maximum Gasteiger partial charge on any atom is 0.0203 e. The first-order valence-electron chi connectivity index (χ1n) is 5.24. The fourth-order valence-corrected chi connectivity index (χ4v) is 2.06. The lowest BCUT2D eigenvalue weighted by Crippen LogP contribution is -2.50. The maximum absolute atomic E-state index is 2.44.